The topological polar surface area (TPSA) is 29.1 Å². The minimum Gasteiger partial charge on any atom is -0.387 e. The first-order valence-corrected chi connectivity index (χ1v) is 8.06. The van der Waals surface area contributed by atoms with Gasteiger partial charge in [-0.2, -0.15) is 0 Å². The van der Waals surface area contributed by atoms with Gasteiger partial charge in [0.25, 0.3) is 0 Å². The number of allylic oxidation sites excluding steroid dienone is 1. The van der Waals surface area contributed by atoms with Crippen LogP contribution in [0.5, 0.6) is 0 Å². The molecule has 3 aromatic rings. The summed E-state index contributed by atoms with van der Waals surface area (Å²) in [5, 5.41) is 3.04. The summed E-state index contributed by atoms with van der Waals surface area (Å²) in [7, 11) is 0. The molecule has 0 aliphatic carbocycles. The molecule has 25 heavy (non-hydrogen) atoms. The van der Waals surface area contributed by atoms with Gasteiger partial charge in [0.2, 0.25) is 0 Å². The van der Waals surface area contributed by atoms with Crippen molar-refractivity contribution < 1.29 is 9.18 Å². The lowest BCUT2D eigenvalue weighted by Gasteiger charge is -2.03. The Morgan fingerprint density at radius 3 is 2.16 bits per heavy atom. The molecule has 0 atom stereocenters. The standard InChI is InChI=1S/C22H18FNO/c23-21-12-6-17(7-13-21)16-24-15-14-22(25)20-10-8-19(9-11-20)18-4-2-1-3-5-18/h1-15,24H,16H2. The van der Waals surface area contributed by atoms with E-state index in [-0.39, 0.29) is 11.6 Å². The van der Waals surface area contributed by atoms with Crippen LogP contribution in [0.2, 0.25) is 0 Å². The van der Waals surface area contributed by atoms with Crippen molar-refractivity contribution >= 4 is 5.78 Å². The number of carbonyl (C=O) groups excluding carboxylic acids is 1. The maximum absolute atomic E-state index is 12.8. The van der Waals surface area contributed by atoms with Crippen LogP contribution >= 0.6 is 0 Å². The lowest BCUT2D eigenvalue weighted by molar-refractivity contribution is 0.104. The average molecular weight is 331 g/mol. The van der Waals surface area contributed by atoms with Gasteiger partial charge < -0.3 is 5.32 Å². The van der Waals surface area contributed by atoms with Crippen molar-refractivity contribution in [3.8, 4) is 11.1 Å². The van der Waals surface area contributed by atoms with E-state index in [0.717, 1.165) is 16.7 Å². The van der Waals surface area contributed by atoms with E-state index < -0.39 is 0 Å². The van der Waals surface area contributed by atoms with Crippen LogP contribution in [0.15, 0.2) is 91.1 Å². The zero-order valence-corrected chi connectivity index (χ0v) is 13.7. The molecule has 2 nitrogen and oxygen atoms in total. The molecule has 0 aliphatic rings. The molecule has 124 valence electrons. The van der Waals surface area contributed by atoms with Crippen LogP contribution in [0.3, 0.4) is 0 Å². The maximum Gasteiger partial charge on any atom is 0.187 e. The molecular formula is C22H18FNO. The highest BCUT2D eigenvalue weighted by Gasteiger charge is 2.02. The average Bonchev–Trinajstić information content (AvgIpc) is 2.67. The number of ketones is 1. The van der Waals surface area contributed by atoms with E-state index in [4.69, 9.17) is 0 Å². The molecule has 3 rings (SSSR count). The highest BCUT2D eigenvalue weighted by atomic mass is 19.1. The first-order chi connectivity index (χ1) is 12.2. The van der Waals surface area contributed by atoms with E-state index >= 15 is 0 Å². The zero-order chi connectivity index (χ0) is 17.5. The van der Waals surface area contributed by atoms with E-state index in [0.29, 0.717) is 12.1 Å². The van der Waals surface area contributed by atoms with Crippen LogP contribution in [-0.4, -0.2) is 5.78 Å². The maximum atomic E-state index is 12.8. The number of hydrogen-bond acceptors (Lipinski definition) is 2. The summed E-state index contributed by atoms with van der Waals surface area (Å²) in [6.07, 6.45) is 3.12. The van der Waals surface area contributed by atoms with Crippen molar-refractivity contribution in [3.63, 3.8) is 0 Å². The Bertz CT molecular complexity index is 853. The molecule has 0 saturated heterocycles. The third-order valence-corrected chi connectivity index (χ3v) is 3.85. The predicted molar refractivity (Wildman–Crippen MR) is 98.6 cm³/mol. The Balaban J connectivity index is 1.56. The van der Waals surface area contributed by atoms with Gasteiger partial charge in [0.15, 0.2) is 5.78 Å². The molecule has 0 aromatic heterocycles. The highest BCUT2D eigenvalue weighted by Crippen LogP contribution is 2.19. The monoisotopic (exact) mass is 331 g/mol. The first-order valence-electron chi connectivity index (χ1n) is 8.06. The van der Waals surface area contributed by atoms with Gasteiger partial charge in [-0.15, -0.1) is 0 Å². The summed E-state index contributed by atoms with van der Waals surface area (Å²) in [4.78, 5) is 12.2. The number of halogens is 1. The molecule has 0 amide bonds. The van der Waals surface area contributed by atoms with Gasteiger partial charge in [-0.3, -0.25) is 4.79 Å². The van der Waals surface area contributed by atoms with Gasteiger partial charge in [0, 0.05) is 24.4 Å². The Morgan fingerprint density at radius 2 is 1.48 bits per heavy atom. The molecule has 0 fully saturated rings. The summed E-state index contributed by atoms with van der Waals surface area (Å²) in [6.45, 7) is 0.539. The van der Waals surface area contributed by atoms with Gasteiger partial charge in [-0.25, -0.2) is 4.39 Å². The number of carbonyl (C=O) groups is 1. The fourth-order valence-electron chi connectivity index (χ4n) is 2.47. The molecule has 0 radical (unpaired) electrons. The third-order valence-electron chi connectivity index (χ3n) is 3.85. The number of rotatable bonds is 6. The first kappa shape index (κ1) is 16.7. The van der Waals surface area contributed by atoms with Crippen molar-refractivity contribution in [3.05, 3.63) is 108 Å². The van der Waals surface area contributed by atoms with Crippen LogP contribution in [0, 0.1) is 5.82 Å². The van der Waals surface area contributed by atoms with E-state index in [1.165, 1.54) is 18.2 Å². The zero-order valence-electron chi connectivity index (χ0n) is 13.7. The van der Waals surface area contributed by atoms with Gasteiger partial charge in [-0.05, 0) is 28.8 Å². The highest BCUT2D eigenvalue weighted by molar-refractivity contribution is 6.04. The summed E-state index contributed by atoms with van der Waals surface area (Å²) >= 11 is 0. The molecule has 0 bridgehead atoms. The van der Waals surface area contributed by atoms with E-state index in [1.54, 1.807) is 18.3 Å². The van der Waals surface area contributed by atoms with Crippen LogP contribution in [0.1, 0.15) is 15.9 Å². The molecule has 0 aliphatic heterocycles. The van der Waals surface area contributed by atoms with Gasteiger partial charge in [0.05, 0.1) is 0 Å². The smallest absolute Gasteiger partial charge is 0.187 e. The Labute approximate surface area is 146 Å². The SMILES string of the molecule is O=C(C=CNCc1ccc(F)cc1)c1ccc(-c2ccccc2)cc1. The molecule has 0 saturated carbocycles. The minimum atomic E-state index is -0.256. The van der Waals surface area contributed by atoms with Gasteiger partial charge in [-0.1, -0.05) is 66.7 Å². The predicted octanol–water partition coefficient (Wildman–Crippen LogP) is 4.98. The molecule has 1 N–H and O–H groups in total. The Hall–Kier alpha value is -3.20. The molecule has 0 unspecified atom stereocenters. The van der Waals surface area contributed by atoms with Crippen LogP contribution in [-0.2, 0) is 6.54 Å². The quantitative estimate of drug-likeness (QED) is 0.510. The second-order valence-corrected chi connectivity index (χ2v) is 5.65. The molecule has 3 aromatic carbocycles. The summed E-state index contributed by atoms with van der Waals surface area (Å²) in [5.41, 5.74) is 3.79. The number of benzene rings is 3. The lowest BCUT2D eigenvalue weighted by atomic mass is 10.0. The van der Waals surface area contributed by atoms with Crippen molar-refractivity contribution in [2.24, 2.45) is 0 Å². The van der Waals surface area contributed by atoms with Gasteiger partial charge in [0.1, 0.15) is 5.82 Å². The van der Waals surface area contributed by atoms with Crippen molar-refractivity contribution in [2.45, 2.75) is 6.54 Å². The van der Waals surface area contributed by atoms with Crippen molar-refractivity contribution in [1.82, 2.24) is 5.32 Å². The Kier molecular flexibility index (Phi) is 5.37. The van der Waals surface area contributed by atoms with E-state index in [2.05, 4.69) is 5.32 Å². The van der Waals surface area contributed by atoms with Gasteiger partial charge >= 0.3 is 0 Å². The fourth-order valence-corrected chi connectivity index (χ4v) is 2.47. The van der Waals surface area contributed by atoms with Crippen LogP contribution in [0.4, 0.5) is 4.39 Å². The minimum absolute atomic E-state index is 0.0637. The van der Waals surface area contributed by atoms with Crippen LogP contribution < -0.4 is 5.32 Å². The normalized spacial score (nSPS) is 10.8. The van der Waals surface area contributed by atoms with Crippen molar-refractivity contribution in [2.75, 3.05) is 0 Å². The summed E-state index contributed by atoms with van der Waals surface area (Å²) in [5.74, 6) is -0.320. The van der Waals surface area contributed by atoms with E-state index in [9.17, 15) is 9.18 Å². The number of hydrogen-bond donors (Lipinski definition) is 1. The largest absolute Gasteiger partial charge is 0.387 e. The fraction of sp³-hybridized carbons (Fsp3) is 0.0455. The van der Waals surface area contributed by atoms with Crippen LogP contribution in [0.25, 0.3) is 11.1 Å². The Morgan fingerprint density at radius 1 is 0.840 bits per heavy atom. The third kappa shape index (κ3) is 4.64. The second kappa shape index (κ2) is 8.06. The van der Waals surface area contributed by atoms with E-state index in [1.807, 2.05) is 54.6 Å². The molecule has 0 heterocycles. The lowest BCUT2D eigenvalue weighted by Crippen LogP contribution is -2.06. The summed E-state index contributed by atoms with van der Waals surface area (Å²) < 4.78 is 12.8. The number of nitrogens with one attached hydrogen (secondary N) is 1. The second-order valence-electron chi connectivity index (χ2n) is 5.65. The molecule has 3 heteroatoms. The molecule has 0 spiro atoms. The summed E-state index contributed by atoms with van der Waals surface area (Å²) in [6, 6.07) is 23.8. The molecular weight excluding hydrogens is 313 g/mol. The van der Waals surface area contributed by atoms with Crippen molar-refractivity contribution in [1.29, 1.82) is 0 Å².